The van der Waals surface area contributed by atoms with E-state index in [4.69, 9.17) is 4.74 Å². The molecule has 28 heavy (non-hydrogen) atoms. The number of carbonyl (C=O) groups excluding carboxylic acids is 2. The third-order valence-corrected chi connectivity index (χ3v) is 4.38. The summed E-state index contributed by atoms with van der Waals surface area (Å²) in [5.74, 6) is -1.57. The fraction of sp³-hybridized carbons (Fsp3) is 0.263. The molecule has 6 nitrogen and oxygen atoms in total. The van der Waals surface area contributed by atoms with Gasteiger partial charge in [-0.25, -0.2) is 0 Å². The molecule has 1 aliphatic heterocycles. The Labute approximate surface area is 158 Å². The fourth-order valence-corrected chi connectivity index (χ4v) is 2.86. The maximum absolute atomic E-state index is 12.5. The lowest BCUT2D eigenvalue weighted by Crippen LogP contribution is -2.46. The van der Waals surface area contributed by atoms with Crippen LogP contribution >= 0.6 is 0 Å². The lowest BCUT2D eigenvalue weighted by molar-refractivity contribution is -0.137. The number of amides is 2. The van der Waals surface area contributed by atoms with Gasteiger partial charge in [-0.15, -0.1) is 0 Å². The molecule has 3 N–H and O–H groups in total. The number of hydrogen-bond donors (Lipinski definition) is 3. The van der Waals surface area contributed by atoms with Crippen molar-refractivity contribution in [2.75, 3.05) is 18.5 Å². The number of alkyl halides is 3. The molecule has 0 saturated carbocycles. The smallest absolute Gasteiger partial charge is 0.416 e. The van der Waals surface area contributed by atoms with Crippen LogP contribution in [-0.2, 0) is 21.4 Å². The number of hydrogen-bond acceptors (Lipinski definition) is 4. The third-order valence-electron chi connectivity index (χ3n) is 4.38. The molecule has 1 atom stereocenters. The number of benzene rings is 2. The van der Waals surface area contributed by atoms with Crippen LogP contribution in [0.2, 0.25) is 0 Å². The molecule has 1 aliphatic rings. The maximum atomic E-state index is 12.5. The summed E-state index contributed by atoms with van der Waals surface area (Å²) in [4.78, 5) is 24.0. The van der Waals surface area contributed by atoms with E-state index in [-0.39, 0.29) is 25.3 Å². The first-order valence-corrected chi connectivity index (χ1v) is 8.40. The second-order valence-electron chi connectivity index (χ2n) is 6.34. The van der Waals surface area contributed by atoms with E-state index in [9.17, 15) is 27.9 Å². The number of aliphatic hydroxyl groups is 1. The van der Waals surface area contributed by atoms with Gasteiger partial charge in [-0.3, -0.25) is 9.59 Å². The minimum atomic E-state index is -4.49. The average molecular weight is 394 g/mol. The topological polar surface area (TPSA) is 87.7 Å². The SMILES string of the molecule is O=C(NCC1(O)CCOc2ccccc21)C(=O)Nc1ccc(C(F)(F)F)cc1. The predicted molar refractivity (Wildman–Crippen MR) is 93.5 cm³/mol. The number of anilines is 1. The summed E-state index contributed by atoms with van der Waals surface area (Å²) >= 11 is 0. The maximum Gasteiger partial charge on any atom is 0.416 e. The lowest BCUT2D eigenvalue weighted by atomic mass is 9.88. The summed E-state index contributed by atoms with van der Waals surface area (Å²) < 4.78 is 43.1. The van der Waals surface area contributed by atoms with Gasteiger partial charge >= 0.3 is 18.0 Å². The Kier molecular flexibility index (Phi) is 5.28. The molecule has 0 radical (unpaired) electrons. The van der Waals surface area contributed by atoms with Gasteiger partial charge in [0.05, 0.1) is 18.7 Å². The molecule has 0 fully saturated rings. The van der Waals surface area contributed by atoms with Crippen molar-refractivity contribution < 1.29 is 32.6 Å². The second-order valence-corrected chi connectivity index (χ2v) is 6.34. The van der Waals surface area contributed by atoms with Gasteiger partial charge in [0.25, 0.3) is 0 Å². The van der Waals surface area contributed by atoms with Crippen molar-refractivity contribution in [3.05, 3.63) is 59.7 Å². The lowest BCUT2D eigenvalue weighted by Gasteiger charge is -2.34. The third kappa shape index (κ3) is 4.25. The Hall–Kier alpha value is -3.07. The number of halogens is 3. The van der Waals surface area contributed by atoms with Crippen LogP contribution in [0.1, 0.15) is 17.5 Å². The molecular weight excluding hydrogens is 377 g/mol. The zero-order valence-corrected chi connectivity index (χ0v) is 14.5. The van der Waals surface area contributed by atoms with Crippen LogP contribution in [0.3, 0.4) is 0 Å². The molecule has 0 saturated heterocycles. The molecule has 0 aliphatic carbocycles. The molecule has 2 aromatic rings. The zero-order valence-electron chi connectivity index (χ0n) is 14.5. The van der Waals surface area contributed by atoms with E-state index in [0.717, 1.165) is 24.3 Å². The predicted octanol–water partition coefficient (Wildman–Crippen LogP) is 2.43. The van der Waals surface area contributed by atoms with Gasteiger partial charge in [-0.2, -0.15) is 13.2 Å². The normalized spacial score (nSPS) is 18.6. The number of carbonyl (C=O) groups is 2. The summed E-state index contributed by atoms with van der Waals surface area (Å²) in [6, 6.07) is 10.5. The van der Waals surface area contributed by atoms with E-state index in [1.54, 1.807) is 24.3 Å². The van der Waals surface area contributed by atoms with Crippen LogP contribution in [0.25, 0.3) is 0 Å². The Balaban J connectivity index is 1.60. The van der Waals surface area contributed by atoms with Crippen molar-refractivity contribution in [3.63, 3.8) is 0 Å². The van der Waals surface area contributed by atoms with Crippen molar-refractivity contribution in [1.29, 1.82) is 0 Å². The number of rotatable bonds is 3. The molecule has 2 amide bonds. The van der Waals surface area contributed by atoms with Gasteiger partial charge in [0.2, 0.25) is 0 Å². The van der Waals surface area contributed by atoms with Crippen LogP contribution in [0.5, 0.6) is 5.75 Å². The Bertz CT molecular complexity index is 883. The summed E-state index contributed by atoms with van der Waals surface area (Å²) in [6.07, 6.45) is -4.26. The quantitative estimate of drug-likeness (QED) is 0.698. The molecular formula is C19H17F3N2O4. The van der Waals surface area contributed by atoms with E-state index in [2.05, 4.69) is 10.6 Å². The van der Waals surface area contributed by atoms with Crippen LogP contribution in [0, 0.1) is 0 Å². The minimum Gasteiger partial charge on any atom is -0.493 e. The van der Waals surface area contributed by atoms with Crippen molar-refractivity contribution in [1.82, 2.24) is 5.32 Å². The van der Waals surface area contributed by atoms with Crippen LogP contribution < -0.4 is 15.4 Å². The molecule has 3 rings (SSSR count). The molecule has 0 aromatic heterocycles. The summed E-state index contributed by atoms with van der Waals surface area (Å²) in [7, 11) is 0. The first kappa shape index (κ1) is 19.7. The highest BCUT2D eigenvalue weighted by molar-refractivity contribution is 6.39. The van der Waals surface area contributed by atoms with Crippen LogP contribution in [0.15, 0.2) is 48.5 Å². The summed E-state index contributed by atoms with van der Waals surface area (Å²) in [6.45, 7) is 0.0355. The average Bonchev–Trinajstić information content (AvgIpc) is 2.66. The fourth-order valence-electron chi connectivity index (χ4n) is 2.86. The molecule has 2 aromatic carbocycles. The molecule has 1 unspecified atom stereocenters. The number of fused-ring (bicyclic) bond motifs is 1. The summed E-state index contributed by atoms with van der Waals surface area (Å²) in [5, 5.41) is 15.4. The van der Waals surface area contributed by atoms with Crippen molar-refractivity contribution in [2.45, 2.75) is 18.2 Å². The Morgan fingerprint density at radius 3 is 2.43 bits per heavy atom. The molecule has 148 valence electrons. The van der Waals surface area contributed by atoms with Crippen LogP contribution in [0.4, 0.5) is 18.9 Å². The van der Waals surface area contributed by atoms with E-state index in [1.165, 1.54) is 0 Å². The monoisotopic (exact) mass is 394 g/mol. The Morgan fingerprint density at radius 2 is 1.75 bits per heavy atom. The number of para-hydroxylation sites is 1. The second kappa shape index (κ2) is 7.51. The number of nitrogens with one attached hydrogen (secondary N) is 2. The van der Waals surface area contributed by atoms with Gasteiger partial charge < -0.3 is 20.5 Å². The number of ether oxygens (including phenoxy) is 1. The van der Waals surface area contributed by atoms with E-state index in [1.807, 2.05) is 0 Å². The van der Waals surface area contributed by atoms with Crippen molar-refractivity contribution in [2.24, 2.45) is 0 Å². The molecule has 9 heteroatoms. The van der Waals surface area contributed by atoms with Crippen molar-refractivity contribution in [3.8, 4) is 5.75 Å². The van der Waals surface area contributed by atoms with Gasteiger partial charge in [0, 0.05) is 17.7 Å². The van der Waals surface area contributed by atoms with Gasteiger partial charge in [-0.1, -0.05) is 18.2 Å². The highest BCUT2D eigenvalue weighted by Crippen LogP contribution is 2.36. The van der Waals surface area contributed by atoms with Gasteiger partial charge in [-0.05, 0) is 30.3 Å². The first-order chi connectivity index (χ1) is 13.2. The standard InChI is InChI=1S/C19H17F3N2O4/c20-19(21,22)12-5-7-13(8-6-12)24-17(26)16(25)23-11-18(27)9-10-28-15-4-2-1-3-14(15)18/h1-8,27H,9-11H2,(H,23,25)(H,24,26). The summed E-state index contributed by atoms with van der Waals surface area (Å²) in [5.41, 5.74) is -1.71. The molecule has 0 spiro atoms. The molecule has 0 bridgehead atoms. The van der Waals surface area contributed by atoms with Crippen LogP contribution in [-0.4, -0.2) is 30.1 Å². The van der Waals surface area contributed by atoms with E-state index < -0.39 is 29.2 Å². The van der Waals surface area contributed by atoms with Gasteiger partial charge in [0.15, 0.2) is 0 Å². The molecule has 1 heterocycles. The zero-order chi connectivity index (χ0) is 20.4. The largest absolute Gasteiger partial charge is 0.493 e. The Morgan fingerprint density at radius 1 is 1.07 bits per heavy atom. The van der Waals surface area contributed by atoms with E-state index in [0.29, 0.717) is 11.3 Å². The van der Waals surface area contributed by atoms with Crippen molar-refractivity contribution >= 4 is 17.5 Å². The highest BCUT2D eigenvalue weighted by atomic mass is 19.4. The minimum absolute atomic E-state index is 0.0447. The highest BCUT2D eigenvalue weighted by Gasteiger charge is 2.36. The first-order valence-electron chi connectivity index (χ1n) is 8.40. The van der Waals surface area contributed by atoms with Gasteiger partial charge in [0.1, 0.15) is 11.4 Å². The van der Waals surface area contributed by atoms with E-state index >= 15 is 0 Å².